The first-order valence-electron chi connectivity index (χ1n) is 6.80. The van der Waals surface area contributed by atoms with E-state index in [0.29, 0.717) is 11.4 Å². The van der Waals surface area contributed by atoms with Crippen molar-refractivity contribution in [2.45, 2.75) is 6.92 Å². The second-order valence-electron chi connectivity index (χ2n) is 4.51. The Kier molecular flexibility index (Phi) is 5.40. The van der Waals surface area contributed by atoms with Gasteiger partial charge in [-0.25, -0.2) is 9.78 Å². The first-order valence-corrected chi connectivity index (χ1v) is 6.80. The molecule has 0 unspecified atom stereocenters. The molecule has 1 heterocycles. The number of carbonyl (C=O) groups is 2. The van der Waals surface area contributed by atoms with E-state index < -0.39 is 6.16 Å². The number of nitrogens with two attached hydrogens (primary N) is 1. The topological polar surface area (TPSA) is 128 Å². The number of carbonyl (C=O) groups excluding carboxylic acids is 2. The van der Waals surface area contributed by atoms with Gasteiger partial charge in [0.25, 0.3) is 0 Å². The van der Waals surface area contributed by atoms with Gasteiger partial charge in [-0.15, -0.1) is 10.2 Å². The number of pyridine rings is 1. The van der Waals surface area contributed by atoms with Gasteiger partial charge in [-0.05, 0) is 24.3 Å². The minimum absolute atomic E-state index is 0.178. The van der Waals surface area contributed by atoms with Gasteiger partial charge in [0.2, 0.25) is 5.91 Å². The second-order valence-corrected chi connectivity index (χ2v) is 4.51. The average molecular weight is 329 g/mol. The molecule has 0 spiro atoms. The van der Waals surface area contributed by atoms with Crippen LogP contribution in [0.5, 0.6) is 5.75 Å². The third-order valence-electron chi connectivity index (χ3n) is 2.68. The Morgan fingerprint density at radius 3 is 2.54 bits per heavy atom. The van der Waals surface area contributed by atoms with Gasteiger partial charge in [-0.1, -0.05) is 12.1 Å². The zero-order valence-electron chi connectivity index (χ0n) is 13.0. The number of ether oxygens (including phenoxy) is 2. The standard InChI is InChI=1S/C15H15N5O4/c1-9(21)17-14-11(7-8-13(16)18-14)20-19-10-5-3-4-6-12(10)24-15(22)23-2/h3-8H,1-2H3,(H3,16,17,18,21)/b20-19+. The average Bonchev–Trinajstić information content (AvgIpc) is 2.54. The summed E-state index contributed by atoms with van der Waals surface area (Å²) in [7, 11) is 1.20. The predicted octanol–water partition coefficient (Wildman–Crippen LogP) is 3.18. The molecule has 24 heavy (non-hydrogen) atoms. The van der Waals surface area contributed by atoms with Gasteiger partial charge >= 0.3 is 6.16 Å². The summed E-state index contributed by atoms with van der Waals surface area (Å²) < 4.78 is 9.42. The van der Waals surface area contributed by atoms with Crippen molar-refractivity contribution in [3.05, 3.63) is 36.4 Å². The predicted molar refractivity (Wildman–Crippen MR) is 86.6 cm³/mol. The van der Waals surface area contributed by atoms with Gasteiger partial charge in [0.05, 0.1) is 7.11 Å². The van der Waals surface area contributed by atoms with E-state index in [1.165, 1.54) is 20.1 Å². The third kappa shape index (κ3) is 4.50. The van der Waals surface area contributed by atoms with Crippen LogP contribution < -0.4 is 15.8 Å². The lowest BCUT2D eigenvalue weighted by Gasteiger charge is -2.06. The molecule has 0 bridgehead atoms. The number of methoxy groups -OCH3 is 1. The molecule has 1 aromatic carbocycles. The Balaban J connectivity index is 2.31. The molecule has 0 atom stereocenters. The van der Waals surface area contributed by atoms with Crippen LogP contribution in [0.3, 0.4) is 0 Å². The van der Waals surface area contributed by atoms with Gasteiger partial charge in [-0.3, -0.25) is 4.79 Å². The lowest BCUT2D eigenvalue weighted by molar-refractivity contribution is -0.114. The largest absolute Gasteiger partial charge is 0.513 e. The van der Waals surface area contributed by atoms with Crippen LogP contribution in [-0.4, -0.2) is 24.2 Å². The van der Waals surface area contributed by atoms with E-state index in [1.807, 2.05) is 0 Å². The molecule has 0 aliphatic carbocycles. The summed E-state index contributed by atoms with van der Waals surface area (Å²) >= 11 is 0. The maximum Gasteiger partial charge on any atom is 0.513 e. The molecule has 0 saturated carbocycles. The van der Waals surface area contributed by atoms with Gasteiger partial charge in [0.15, 0.2) is 11.6 Å². The zero-order valence-corrected chi connectivity index (χ0v) is 13.0. The number of hydrogen-bond donors (Lipinski definition) is 2. The van der Waals surface area contributed by atoms with Crippen LogP contribution in [-0.2, 0) is 9.53 Å². The highest BCUT2D eigenvalue weighted by atomic mass is 16.7. The number of hydrogen-bond acceptors (Lipinski definition) is 8. The van der Waals surface area contributed by atoms with Gasteiger partial charge < -0.3 is 20.5 Å². The third-order valence-corrected chi connectivity index (χ3v) is 2.68. The zero-order chi connectivity index (χ0) is 17.5. The molecule has 3 N–H and O–H groups in total. The highest BCUT2D eigenvalue weighted by molar-refractivity contribution is 5.90. The highest BCUT2D eigenvalue weighted by Gasteiger charge is 2.10. The summed E-state index contributed by atoms with van der Waals surface area (Å²) in [5, 5.41) is 10.6. The van der Waals surface area contributed by atoms with Gasteiger partial charge in [0.1, 0.15) is 17.2 Å². The van der Waals surface area contributed by atoms with Crippen LogP contribution in [0.2, 0.25) is 0 Å². The quantitative estimate of drug-likeness (QED) is 0.503. The molecule has 0 aliphatic rings. The maximum absolute atomic E-state index is 11.2. The number of nitrogens with one attached hydrogen (secondary N) is 1. The fraction of sp³-hybridized carbons (Fsp3) is 0.133. The number of nitrogens with zero attached hydrogens (tertiary/aromatic N) is 3. The van der Waals surface area contributed by atoms with E-state index in [-0.39, 0.29) is 23.3 Å². The van der Waals surface area contributed by atoms with Crippen LogP contribution in [0.25, 0.3) is 0 Å². The number of nitrogen functional groups attached to an aromatic ring is 1. The fourth-order valence-corrected chi connectivity index (χ4v) is 1.67. The number of aromatic nitrogens is 1. The van der Waals surface area contributed by atoms with Crippen LogP contribution >= 0.6 is 0 Å². The summed E-state index contributed by atoms with van der Waals surface area (Å²) in [5.74, 6) is 0.265. The highest BCUT2D eigenvalue weighted by Crippen LogP contribution is 2.31. The van der Waals surface area contributed by atoms with Gasteiger partial charge in [-0.2, -0.15) is 0 Å². The number of benzene rings is 1. The summed E-state index contributed by atoms with van der Waals surface area (Å²) in [6.45, 7) is 1.34. The number of azo groups is 1. The van der Waals surface area contributed by atoms with E-state index in [9.17, 15) is 9.59 Å². The first-order chi connectivity index (χ1) is 11.5. The van der Waals surface area contributed by atoms with Crippen molar-refractivity contribution in [2.24, 2.45) is 10.2 Å². The molecule has 0 aliphatic heterocycles. The van der Waals surface area contributed by atoms with Crippen molar-refractivity contribution in [3.8, 4) is 5.75 Å². The molecule has 0 radical (unpaired) electrons. The molecule has 9 heteroatoms. The molecule has 1 amide bonds. The van der Waals surface area contributed by atoms with Crippen molar-refractivity contribution < 1.29 is 19.1 Å². The van der Waals surface area contributed by atoms with Crippen LogP contribution in [0.1, 0.15) is 6.92 Å². The second kappa shape index (κ2) is 7.68. The number of anilines is 2. The summed E-state index contributed by atoms with van der Waals surface area (Å²) in [4.78, 5) is 26.5. The SMILES string of the molecule is COC(=O)Oc1ccccc1/N=N/c1ccc(N)nc1NC(C)=O. The molecule has 9 nitrogen and oxygen atoms in total. The van der Waals surface area contributed by atoms with Crippen LogP contribution in [0.15, 0.2) is 46.6 Å². The van der Waals surface area contributed by atoms with Crippen molar-refractivity contribution in [2.75, 3.05) is 18.2 Å². The Labute approximate surface area is 137 Å². The van der Waals surface area contributed by atoms with Crippen molar-refractivity contribution in [1.29, 1.82) is 0 Å². The summed E-state index contributed by atoms with van der Waals surface area (Å²) in [6.07, 6.45) is -0.870. The minimum atomic E-state index is -0.870. The summed E-state index contributed by atoms with van der Waals surface area (Å²) in [6, 6.07) is 9.60. The molecule has 2 rings (SSSR count). The van der Waals surface area contributed by atoms with E-state index in [0.717, 1.165) is 0 Å². The van der Waals surface area contributed by atoms with E-state index >= 15 is 0 Å². The lowest BCUT2D eigenvalue weighted by Crippen LogP contribution is -2.08. The normalized spacial score (nSPS) is 10.4. The molecule has 2 aromatic rings. The maximum atomic E-state index is 11.2. The minimum Gasteiger partial charge on any atom is -0.437 e. The molecular weight excluding hydrogens is 314 g/mol. The van der Waals surface area contributed by atoms with Crippen molar-refractivity contribution >= 4 is 35.1 Å². The molecule has 1 aromatic heterocycles. The molecule has 0 saturated heterocycles. The Hall–Kier alpha value is -3.49. The number of amides is 1. The Morgan fingerprint density at radius 2 is 1.83 bits per heavy atom. The van der Waals surface area contributed by atoms with Crippen molar-refractivity contribution in [1.82, 2.24) is 4.98 Å². The van der Waals surface area contributed by atoms with E-state index in [4.69, 9.17) is 10.5 Å². The van der Waals surface area contributed by atoms with E-state index in [2.05, 4.69) is 25.3 Å². The monoisotopic (exact) mass is 329 g/mol. The molecule has 0 fully saturated rings. The molecule has 124 valence electrons. The summed E-state index contributed by atoms with van der Waals surface area (Å²) in [5.41, 5.74) is 6.20. The van der Waals surface area contributed by atoms with Crippen LogP contribution in [0, 0.1) is 0 Å². The Bertz CT molecular complexity index is 791. The van der Waals surface area contributed by atoms with E-state index in [1.54, 1.807) is 30.3 Å². The Morgan fingerprint density at radius 1 is 1.12 bits per heavy atom. The molecular formula is C15H15N5O4. The van der Waals surface area contributed by atoms with Crippen molar-refractivity contribution in [3.63, 3.8) is 0 Å². The lowest BCUT2D eigenvalue weighted by atomic mass is 10.3. The number of rotatable bonds is 4. The fourth-order valence-electron chi connectivity index (χ4n) is 1.67. The smallest absolute Gasteiger partial charge is 0.437 e. The van der Waals surface area contributed by atoms with Crippen LogP contribution in [0.4, 0.5) is 27.8 Å². The number of para-hydroxylation sites is 1. The first kappa shape index (κ1) is 16.9. The van der Waals surface area contributed by atoms with Gasteiger partial charge in [0, 0.05) is 6.92 Å².